The Morgan fingerprint density at radius 1 is 1.43 bits per heavy atom. The zero-order valence-corrected chi connectivity index (χ0v) is 8.72. The second kappa shape index (κ2) is 3.55. The Hall–Kier alpha value is -0.550. The van der Waals surface area contributed by atoms with Gasteiger partial charge in [-0.05, 0) is 18.6 Å². The van der Waals surface area contributed by atoms with Gasteiger partial charge in [-0.3, -0.25) is 0 Å². The van der Waals surface area contributed by atoms with E-state index in [9.17, 15) is 0 Å². The summed E-state index contributed by atoms with van der Waals surface area (Å²) in [5.74, 6) is 3.45. The summed E-state index contributed by atoms with van der Waals surface area (Å²) in [6.45, 7) is 1.99. The lowest BCUT2D eigenvalue weighted by Gasteiger charge is -2.23. The SMILES string of the molecule is C1CSC(c2nc(C3CNC3)no2)C1. The van der Waals surface area contributed by atoms with Crippen molar-refractivity contribution >= 4 is 11.8 Å². The predicted octanol–water partition coefficient (Wildman–Crippen LogP) is 1.32. The van der Waals surface area contributed by atoms with Crippen molar-refractivity contribution in [3.8, 4) is 0 Å². The Morgan fingerprint density at radius 3 is 3.00 bits per heavy atom. The first-order chi connectivity index (χ1) is 6.93. The molecule has 1 aromatic heterocycles. The molecule has 2 aliphatic rings. The molecule has 76 valence electrons. The zero-order valence-electron chi connectivity index (χ0n) is 7.90. The Kier molecular flexibility index (Phi) is 2.21. The van der Waals surface area contributed by atoms with Crippen LogP contribution in [-0.4, -0.2) is 29.0 Å². The molecule has 2 fully saturated rings. The minimum absolute atomic E-state index is 0.462. The summed E-state index contributed by atoms with van der Waals surface area (Å²) in [5, 5.41) is 7.72. The highest BCUT2D eigenvalue weighted by molar-refractivity contribution is 7.99. The largest absolute Gasteiger partial charge is 0.338 e. The maximum absolute atomic E-state index is 5.30. The molecule has 0 saturated carbocycles. The molecular weight excluding hydrogens is 198 g/mol. The summed E-state index contributed by atoms with van der Waals surface area (Å²) in [6, 6.07) is 0. The van der Waals surface area contributed by atoms with Gasteiger partial charge in [0.2, 0.25) is 5.89 Å². The smallest absolute Gasteiger partial charge is 0.239 e. The van der Waals surface area contributed by atoms with Crippen LogP contribution in [0, 0.1) is 0 Å². The maximum atomic E-state index is 5.30. The molecule has 14 heavy (non-hydrogen) atoms. The van der Waals surface area contributed by atoms with Crippen molar-refractivity contribution in [2.75, 3.05) is 18.8 Å². The fourth-order valence-corrected chi connectivity index (χ4v) is 2.98. The van der Waals surface area contributed by atoms with Crippen LogP contribution in [-0.2, 0) is 0 Å². The van der Waals surface area contributed by atoms with Gasteiger partial charge in [-0.1, -0.05) is 5.16 Å². The van der Waals surface area contributed by atoms with E-state index >= 15 is 0 Å². The highest BCUT2D eigenvalue weighted by Gasteiger charge is 2.28. The maximum Gasteiger partial charge on any atom is 0.239 e. The highest BCUT2D eigenvalue weighted by atomic mass is 32.2. The highest BCUT2D eigenvalue weighted by Crippen LogP contribution is 2.39. The van der Waals surface area contributed by atoms with Crippen LogP contribution < -0.4 is 5.32 Å². The van der Waals surface area contributed by atoms with E-state index in [1.807, 2.05) is 11.8 Å². The van der Waals surface area contributed by atoms with Gasteiger partial charge in [0, 0.05) is 19.0 Å². The summed E-state index contributed by atoms with van der Waals surface area (Å²) >= 11 is 1.93. The third-order valence-corrected chi connectivity index (χ3v) is 4.17. The van der Waals surface area contributed by atoms with Gasteiger partial charge >= 0.3 is 0 Å². The van der Waals surface area contributed by atoms with E-state index in [0.717, 1.165) is 24.8 Å². The van der Waals surface area contributed by atoms with Crippen molar-refractivity contribution in [2.24, 2.45) is 0 Å². The molecule has 2 saturated heterocycles. The number of nitrogens with zero attached hydrogens (tertiary/aromatic N) is 2. The monoisotopic (exact) mass is 211 g/mol. The fraction of sp³-hybridized carbons (Fsp3) is 0.778. The van der Waals surface area contributed by atoms with Crippen molar-refractivity contribution in [3.05, 3.63) is 11.7 Å². The molecule has 3 heterocycles. The Labute approximate surface area is 86.8 Å². The van der Waals surface area contributed by atoms with Crippen LogP contribution in [0.1, 0.15) is 35.7 Å². The summed E-state index contributed by atoms with van der Waals surface area (Å²) in [5.41, 5.74) is 0. The van der Waals surface area contributed by atoms with Gasteiger partial charge in [0.1, 0.15) is 0 Å². The van der Waals surface area contributed by atoms with Crippen molar-refractivity contribution < 1.29 is 4.52 Å². The molecule has 4 nitrogen and oxygen atoms in total. The molecule has 1 N–H and O–H groups in total. The van der Waals surface area contributed by atoms with Crippen molar-refractivity contribution in [1.82, 2.24) is 15.5 Å². The number of thioether (sulfide) groups is 1. The first-order valence-electron chi connectivity index (χ1n) is 5.09. The summed E-state index contributed by atoms with van der Waals surface area (Å²) in [7, 11) is 0. The molecule has 3 rings (SSSR count). The minimum Gasteiger partial charge on any atom is -0.338 e. The summed E-state index contributed by atoms with van der Waals surface area (Å²) in [6.07, 6.45) is 2.47. The van der Waals surface area contributed by atoms with Gasteiger partial charge in [-0.15, -0.1) is 11.8 Å². The van der Waals surface area contributed by atoms with E-state index in [4.69, 9.17) is 4.52 Å². The van der Waals surface area contributed by atoms with E-state index in [1.165, 1.54) is 18.6 Å². The normalized spacial score (nSPS) is 27.9. The number of rotatable bonds is 2. The zero-order chi connectivity index (χ0) is 9.38. The number of nitrogens with one attached hydrogen (secondary N) is 1. The van der Waals surface area contributed by atoms with Gasteiger partial charge in [-0.25, -0.2) is 0 Å². The first-order valence-corrected chi connectivity index (χ1v) is 6.14. The van der Waals surface area contributed by atoms with Crippen LogP contribution in [0.25, 0.3) is 0 Å². The van der Waals surface area contributed by atoms with Crippen LogP contribution >= 0.6 is 11.8 Å². The summed E-state index contributed by atoms with van der Waals surface area (Å²) < 4.78 is 5.30. The van der Waals surface area contributed by atoms with Gasteiger partial charge in [0.25, 0.3) is 0 Å². The number of aromatic nitrogens is 2. The molecular formula is C9H13N3OS. The van der Waals surface area contributed by atoms with E-state index < -0.39 is 0 Å². The molecule has 0 spiro atoms. The van der Waals surface area contributed by atoms with E-state index in [1.54, 1.807) is 0 Å². The molecule has 2 aliphatic heterocycles. The molecule has 0 amide bonds. The Morgan fingerprint density at radius 2 is 2.36 bits per heavy atom. The van der Waals surface area contributed by atoms with Gasteiger partial charge < -0.3 is 9.84 Å². The lowest BCUT2D eigenvalue weighted by atomic mass is 10.0. The summed E-state index contributed by atoms with van der Waals surface area (Å²) in [4.78, 5) is 4.48. The Bertz CT molecular complexity index is 318. The van der Waals surface area contributed by atoms with E-state index in [2.05, 4.69) is 15.5 Å². The van der Waals surface area contributed by atoms with Gasteiger partial charge in [0.15, 0.2) is 5.82 Å². The van der Waals surface area contributed by atoms with Gasteiger partial charge in [0.05, 0.1) is 5.25 Å². The molecule has 1 atom stereocenters. The van der Waals surface area contributed by atoms with Crippen molar-refractivity contribution in [2.45, 2.75) is 24.0 Å². The second-order valence-corrected chi connectivity index (χ2v) is 5.16. The van der Waals surface area contributed by atoms with Crippen LogP contribution in [0.15, 0.2) is 4.52 Å². The number of hydrogen-bond acceptors (Lipinski definition) is 5. The lowest BCUT2D eigenvalue weighted by Crippen LogP contribution is -2.40. The van der Waals surface area contributed by atoms with Crippen LogP contribution in [0.4, 0.5) is 0 Å². The second-order valence-electron chi connectivity index (χ2n) is 3.85. The number of hydrogen-bond donors (Lipinski definition) is 1. The Balaban J connectivity index is 1.75. The molecule has 0 bridgehead atoms. The lowest BCUT2D eigenvalue weighted by molar-refractivity contribution is 0.353. The average molecular weight is 211 g/mol. The van der Waals surface area contributed by atoms with Crippen molar-refractivity contribution in [1.29, 1.82) is 0 Å². The average Bonchev–Trinajstić information content (AvgIpc) is 2.65. The quantitative estimate of drug-likeness (QED) is 0.799. The molecule has 0 aromatic carbocycles. The molecule has 5 heteroatoms. The standard InChI is InChI=1S/C9H13N3OS/c1-2-7(14-3-1)9-11-8(12-13-9)6-4-10-5-6/h6-7,10H,1-5H2. The fourth-order valence-electron chi connectivity index (χ4n) is 1.79. The van der Waals surface area contributed by atoms with E-state index in [-0.39, 0.29) is 0 Å². The third-order valence-electron chi connectivity index (χ3n) is 2.81. The van der Waals surface area contributed by atoms with Crippen LogP contribution in [0.3, 0.4) is 0 Å². The molecule has 0 aliphatic carbocycles. The first kappa shape index (κ1) is 8.73. The van der Waals surface area contributed by atoms with E-state index in [0.29, 0.717) is 11.2 Å². The van der Waals surface area contributed by atoms with Crippen LogP contribution in [0.2, 0.25) is 0 Å². The van der Waals surface area contributed by atoms with Crippen molar-refractivity contribution in [3.63, 3.8) is 0 Å². The minimum atomic E-state index is 0.462. The third kappa shape index (κ3) is 1.44. The predicted molar refractivity (Wildman–Crippen MR) is 54.3 cm³/mol. The topological polar surface area (TPSA) is 51.0 Å². The molecule has 1 unspecified atom stereocenters. The van der Waals surface area contributed by atoms with Gasteiger partial charge in [-0.2, -0.15) is 4.98 Å². The van der Waals surface area contributed by atoms with Crippen LogP contribution in [0.5, 0.6) is 0 Å². The molecule has 1 aromatic rings. The molecule has 0 radical (unpaired) electrons.